The molecule has 0 saturated carbocycles. The molecule has 44 valence electrons. The van der Waals surface area contributed by atoms with Gasteiger partial charge in [0.2, 0.25) is 0 Å². The van der Waals surface area contributed by atoms with E-state index in [0.29, 0.717) is 21.2 Å². The van der Waals surface area contributed by atoms with Gasteiger partial charge in [0.25, 0.3) is 0 Å². The van der Waals surface area contributed by atoms with Crippen LogP contribution in [0.1, 0.15) is 6.42 Å². The van der Waals surface area contributed by atoms with E-state index in [1.807, 2.05) is 0 Å². The van der Waals surface area contributed by atoms with Crippen LogP contribution < -0.4 is 21.2 Å². The minimum atomic E-state index is 0.479. The Labute approximate surface area is 54.7 Å². The summed E-state index contributed by atoms with van der Waals surface area (Å²) in [6.45, 7) is 2.09. The van der Waals surface area contributed by atoms with E-state index in [4.69, 9.17) is 4.74 Å². The van der Waals surface area contributed by atoms with Gasteiger partial charge in [-0.3, -0.25) is 0 Å². The Kier molecular flexibility index (Phi) is 2.38. The first-order valence-electron chi connectivity index (χ1n) is 2.49. The Morgan fingerprint density at radius 2 is 2.57 bits per heavy atom. The molecule has 1 saturated heterocycles. The summed E-state index contributed by atoms with van der Waals surface area (Å²) in [6, 6.07) is 0. The van der Waals surface area contributed by atoms with Gasteiger partial charge in [-0.25, -0.2) is 0 Å². The van der Waals surface area contributed by atoms with Gasteiger partial charge >= 0.3 is 54.4 Å². The average Bonchev–Trinajstić information content (AvgIpc) is 2.14. The van der Waals surface area contributed by atoms with Gasteiger partial charge in [-0.05, 0) is 0 Å². The van der Waals surface area contributed by atoms with Crippen molar-refractivity contribution in [1.82, 2.24) is 0 Å². The van der Waals surface area contributed by atoms with Crippen molar-refractivity contribution in [3.05, 3.63) is 0 Å². The SMILES string of the molecule is C[I-]C1CCOC1. The molecule has 0 aliphatic carbocycles. The number of alkyl halides is 2. The van der Waals surface area contributed by atoms with Crippen LogP contribution in [0.25, 0.3) is 0 Å². The monoisotopic (exact) mass is 213 g/mol. The average molecular weight is 213 g/mol. The van der Waals surface area contributed by atoms with Crippen LogP contribution in [0.5, 0.6) is 0 Å². The summed E-state index contributed by atoms with van der Waals surface area (Å²) in [5.41, 5.74) is 0. The Bertz CT molecular complexity index is 50.0. The number of hydrogen-bond acceptors (Lipinski definition) is 1. The molecule has 0 aromatic rings. The number of ether oxygens (including phenoxy) is 1. The molecular weight excluding hydrogens is 203 g/mol. The fraction of sp³-hybridized carbons (Fsp3) is 1.00. The summed E-state index contributed by atoms with van der Waals surface area (Å²) in [5, 5.41) is 0. The van der Waals surface area contributed by atoms with E-state index in [1.54, 1.807) is 0 Å². The van der Waals surface area contributed by atoms with Crippen molar-refractivity contribution in [3.8, 4) is 0 Å². The maximum atomic E-state index is 5.18. The van der Waals surface area contributed by atoms with E-state index in [1.165, 1.54) is 6.42 Å². The fourth-order valence-corrected chi connectivity index (χ4v) is 2.17. The predicted molar refractivity (Wildman–Crippen MR) is 25.1 cm³/mol. The number of halogens is 1. The molecule has 0 amide bonds. The molecule has 1 aliphatic heterocycles. The molecule has 1 fully saturated rings. The van der Waals surface area contributed by atoms with Crippen LogP contribution >= 0.6 is 0 Å². The zero-order valence-corrected chi connectivity index (χ0v) is 6.64. The zero-order chi connectivity index (χ0) is 5.11. The van der Waals surface area contributed by atoms with Crippen molar-refractivity contribution in [2.24, 2.45) is 0 Å². The van der Waals surface area contributed by atoms with Crippen molar-refractivity contribution < 1.29 is 25.9 Å². The van der Waals surface area contributed by atoms with Crippen LogP contribution in [-0.4, -0.2) is 22.1 Å². The van der Waals surface area contributed by atoms with Crippen molar-refractivity contribution in [2.45, 2.75) is 10.3 Å². The Balaban J connectivity index is 2.14. The second-order valence-corrected chi connectivity index (χ2v) is 4.69. The Hall–Kier alpha value is 0.690. The Morgan fingerprint density at radius 3 is 2.86 bits per heavy atom. The quantitative estimate of drug-likeness (QED) is 0.345. The summed E-state index contributed by atoms with van der Waals surface area (Å²) in [6.07, 6.45) is 1.34. The van der Waals surface area contributed by atoms with Crippen molar-refractivity contribution in [1.29, 1.82) is 0 Å². The molecule has 1 rings (SSSR count). The van der Waals surface area contributed by atoms with Crippen LogP contribution in [0.3, 0.4) is 0 Å². The summed E-state index contributed by atoms with van der Waals surface area (Å²) in [7, 11) is 0. The number of hydrogen-bond donors (Lipinski definition) is 0. The third-order valence-corrected chi connectivity index (χ3v) is 3.93. The Morgan fingerprint density at radius 1 is 1.71 bits per heavy atom. The van der Waals surface area contributed by atoms with Gasteiger partial charge in [-0.15, -0.1) is 0 Å². The van der Waals surface area contributed by atoms with Gasteiger partial charge in [0, 0.05) is 0 Å². The summed E-state index contributed by atoms with van der Waals surface area (Å²) < 4.78 is 6.16. The fourth-order valence-electron chi connectivity index (χ4n) is 0.678. The van der Waals surface area contributed by atoms with Crippen LogP contribution in [-0.2, 0) is 4.74 Å². The molecule has 1 unspecified atom stereocenters. The van der Waals surface area contributed by atoms with E-state index < -0.39 is 0 Å². The molecule has 1 nitrogen and oxygen atoms in total. The molecule has 0 spiro atoms. The zero-order valence-electron chi connectivity index (χ0n) is 4.48. The molecular formula is C5H10IO-. The third-order valence-electron chi connectivity index (χ3n) is 1.18. The van der Waals surface area contributed by atoms with Crippen molar-refractivity contribution in [2.75, 3.05) is 18.1 Å². The summed E-state index contributed by atoms with van der Waals surface area (Å²) in [5.74, 6) is 0. The molecule has 0 aromatic heterocycles. The van der Waals surface area contributed by atoms with E-state index in [0.717, 1.165) is 17.1 Å². The third kappa shape index (κ3) is 1.57. The normalized spacial score (nSPS) is 31.9. The van der Waals surface area contributed by atoms with Crippen molar-refractivity contribution >= 4 is 0 Å². The van der Waals surface area contributed by atoms with Gasteiger partial charge in [0.1, 0.15) is 0 Å². The van der Waals surface area contributed by atoms with E-state index >= 15 is 0 Å². The van der Waals surface area contributed by atoms with Gasteiger partial charge in [-0.2, -0.15) is 0 Å². The molecule has 7 heavy (non-hydrogen) atoms. The van der Waals surface area contributed by atoms with Gasteiger partial charge < -0.3 is 0 Å². The summed E-state index contributed by atoms with van der Waals surface area (Å²) in [4.78, 5) is 2.33. The van der Waals surface area contributed by atoms with Crippen LogP contribution in [0, 0.1) is 0 Å². The molecule has 1 atom stereocenters. The maximum absolute atomic E-state index is 5.18. The van der Waals surface area contributed by atoms with Crippen LogP contribution in [0.2, 0.25) is 0 Å². The van der Waals surface area contributed by atoms with E-state index in [2.05, 4.69) is 4.93 Å². The van der Waals surface area contributed by atoms with Gasteiger partial charge in [0.05, 0.1) is 0 Å². The molecule has 0 N–H and O–H groups in total. The second kappa shape index (κ2) is 2.87. The van der Waals surface area contributed by atoms with Gasteiger partial charge in [-0.1, -0.05) is 0 Å². The first-order valence-corrected chi connectivity index (χ1v) is 5.89. The van der Waals surface area contributed by atoms with E-state index in [-0.39, 0.29) is 0 Å². The van der Waals surface area contributed by atoms with Crippen LogP contribution in [0.4, 0.5) is 0 Å². The molecule has 1 heterocycles. The topological polar surface area (TPSA) is 9.23 Å². The molecule has 0 radical (unpaired) electrons. The molecule has 0 bridgehead atoms. The predicted octanol–water partition coefficient (Wildman–Crippen LogP) is -2.51. The second-order valence-electron chi connectivity index (χ2n) is 1.68. The minimum absolute atomic E-state index is 0.479. The first-order chi connectivity index (χ1) is 3.43. The van der Waals surface area contributed by atoms with Crippen LogP contribution in [0.15, 0.2) is 0 Å². The number of rotatable bonds is 1. The first kappa shape index (κ1) is 5.82. The van der Waals surface area contributed by atoms with Gasteiger partial charge in [0.15, 0.2) is 0 Å². The standard InChI is InChI=1S/C5H10IO/c1-6-5-2-3-7-4-5/h5H,2-4H2,1H3/q-1. The van der Waals surface area contributed by atoms with Crippen molar-refractivity contribution in [3.63, 3.8) is 0 Å². The molecule has 0 aromatic carbocycles. The molecule has 1 aliphatic rings. The summed E-state index contributed by atoms with van der Waals surface area (Å²) >= 11 is 0.479. The molecule has 2 heteroatoms. The van der Waals surface area contributed by atoms with E-state index in [9.17, 15) is 0 Å².